The lowest BCUT2D eigenvalue weighted by atomic mass is 10.1. The Balaban J connectivity index is 2.43. The minimum Gasteiger partial charge on any atom is -0.364 e. The third-order valence-electron chi connectivity index (χ3n) is 2.83. The maximum Gasteiger partial charge on any atom is 0.318 e. The van der Waals surface area contributed by atoms with Gasteiger partial charge < -0.3 is 4.90 Å². The molecule has 18 heavy (non-hydrogen) atoms. The van der Waals surface area contributed by atoms with E-state index in [-0.39, 0.29) is 10.6 Å². The van der Waals surface area contributed by atoms with Crippen molar-refractivity contribution in [3.05, 3.63) is 26.4 Å². The summed E-state index contributed by atoms with van der Waals surface area (Å²) in [5.41, 5.74) is 0.729. The Kier molecular flexibility index (Phi) is 4.53. The molecule has 0 bridgehead atoms. The minimum absolute atomic E-state index is 0.136. The van der Waals surface area contributed by atoms with Crippen LogP contribution in [0.25, 0.3) is 0 Å². The van der Waals surface area contributed by atoms with Crippen LogP contribution in [-0.2, 0) is 0 Å². The van der Waals surface area contributed by atoms with Crippen molar-refractivity contribution in [1.29, 1.82) is 0 Å². The van der Waals surface area contributed by atoms with Gasteiger partial charge in [0, 0.05) is 13.1 Å². The quantitative estimate of drug-likeness (QED) is 0.465. The summed E-state index contributed by atoms with van der Waals surface area (Å²) < 4.78 is 1.12. The van der Waals surface area contributed by atoms with E-state index >= 15 is 0 Å². The number of anilines is 1. The van der Waals surface area contributed by atoms with Gasteiger partial charge in [0.05, 0.1) is 4.92 Å². The molecule has 0 unspecified atom stereocenters. The van der Waals surface area contributed by atoms with Crippen molar-refractivity contribution < 1.29 is 4.92 Å². The second-order valence-electron chi connectivity index (χ2n) is 3.95. The molecule has 0 N–H and O–H groups in total. The number of halogens is 1. The maximum atomic E-state index is 11.3. The zero-order valence-electron chi connectivity index (χ0n) is 9.73. The van der Waals surface area contributed by atoms with Gasteiger partial charge in [-0.3, -0.25) is 10.1 Å². The molecule has 0 aliphatic carbocycles. The van der Waals surface area contributed by atoms with Crippen LogP contribution in [0.1, 0.15) is 19.3 Å². The molecule has 98 valence electrons. The molecular formula is C11H13ClN2O2S2. The summed E-state index contributed by atoms with van der Waals surface area (Å²) in [6, 6.07) is 0. The fraction of sp³-hybridized carbons (Fsp3) is 0.455. The summed E-state index contributed by atoms with van der Waals surface area (Å²) in [5.74, 6) is 0. The van der Waals surface area contributed by atoms with Gasteiger partial charge in [-0.15, -0.1) is 11.3 Å². The number of nitro groups is 1. The minimum atomic E-state index is -0.335. The number of hydrogen-bond donors (Lipinski definition) is 0. The molecule has 0 spiro atoms. The topological polar surface area (TPSA) is 46.4 Å². The fourth-order valence-electron chi connectivity index (χ4n) is 2.08. The van der Waals surface area contributed by atoms with E-state index in [1.807, 2.05) is 4.90 Å². The molecule has 1 aliphatic heterocycles. The third kappa shape index (κ3) is 2.65. The van der Waals surface area contributed by atoms with Gasteiger partial charge in [-0.25, -0.2) is 0 Å². The van der Waals surface area contributed by atoms with Crippen LogP contribution in [0.5, 0.6) is 0 Å². The van der Waals surface area contributed by atoms with Crippen LogP contribution in [0.2, 0.25) is 4.34 Å². The SMILES string of the molecule is C=CSc1sc(Cl)c(N2CCCCC2)c1[N+](=O)[O-]. The standard InChI is InChI=1S/C11H13ClN2O2S2/c1-2-17-11-9(14(15)16)8(10(12)18-11)13-6-4-3-5-7-13/h2H,1,3-7H2. The third-order valence-corrected chi connectivity index (χ3v) is 5.11. The van der Waals surface area contributed by atoms with Gasteiger partial charge in [-0.2, -0.15) is 0 Å². The normalized spacial score (nSPS) is 15.7. The van der Waals surface area contributed by atoms with Crippen molar-refractivity contribution in [3.63, 3.8) is 0 Å². The highest BCUT2D eigenvalue weighted by atomic mass is 35.5. The van der Waals surface area contributed by atoms with Crippen LogP contribution in [0.3, 0.4) is 0 Å². The number of nitrogens with zero attached hydrogens (tertiary/aromatic N) is 2. The molecule has 0 saturated carbocycles. The predicted octanol–water partition coefficient (Wildman–Crippen LogP) is 4.54. The van der Waals surface area contributed by atoms with E-state index in [0.29, 0.717) is 14.2 Å². The molecule has 2 rings (SSSR count). The van der Waals surface area contributed by atoms with E-state index in [1.165, 1.54) is 29.5 Å². The lowest BCUT2D eigenvalue weighted by Gasteiger charge is -2.27. The molecule has 0 radical (unpaired) electrons. The Morgan fingerprint density at radius 3 is 2.67 bits per heavy atom. The van der Waals surface area contributed by atoms with Crippen molar-refractivity contribution in [2.24, 2.45) is 0 Å². The smallest absolute Gasteiger partial charge is 0.318 e. The molecule has 0 aromatic carbocycles. The van der Waals surface area contributed by atoms with Gasteiger partial charge in [0.15, 0.2) is 0 Å². The predicted molar refractivity (Wildman–Crippen MR) is 78.1 cm³/mol. The lowest BCUT2D eigenvalue weighted by molar-refractivity contribution is -0.386. The van der Waals surface area contributed by atoms with Crippen LogP contribution >= 0.6 is 34.7 Å². The van der Waals surface area contributed by atoms with E-state index in [4.69, 9.17) is 11.6 Å². The van der Waals surface area contributed by atoms with Crippen LogP contribution in [-0.4, -0.2) is 18.0 Å². The molecule has 4 nitrogen and oxygen atoms in total. The van der Waals surface area contributed by atoms with Crippen molar-refractivity contribution in [1.82, 2.24) is 0 Å². The van der Waals surface area contributed by atoms with Crippen LogP contribution < -0.4 is 4.90 Å². The zero-order valence-corrected chi connectivity index (χ0v) is 12.1. The first-order valence-electron chi connectivity index (χ1n) is 5.64. The van der Waals surface area contributed by atoms with E-state index in [2.05, 4.69) is 6.58 Å². The van der Waals surface area contributed by atoms with Crippen LogP contribution in [0.4, 0.5) is 11.4 Å². The Labute approximate surface area is 119 Å². The van der Waals surface area contributed by atoms with E-state index in [1.54, 1.807) is 5.41 Å². The molecule has 2 heterocycles. The van der Waals surface area contributed by atoms with Gasteiger partial charge in [-0.05, 0) is 24.7 Å². The second-order valence-corrected chi connectivity index (χ2v) is 6.81. The number of thioether (sulfide) groups is 1. The molecule has 1 fully saturated rings. The largest absolute Gasteiger partial charge is 0.364 e. The van der Waals surface area contributed by atoms with E-state index in [9.17, 15) is 10.1 Å². The first-order valence-corrected chi connectivity index (χ1v) is 7.71. The van der Waals surface area contributed by atoms with E-state index in [0.717, 1.165) is 25.9 Å². The molecule has 7 heteroatoms. The average Bonchev–Trinajstić information content (AvgIpc) is 2.67. The Hall–Kier alpha value is -0.720. The average molecular weight is 305 g/mol. The summed E-state index contributed by atoms with van der Waals surface area (Å²) in [4.78, 5) is 13.0. The van der Waals surface area contributed by atoms with Crippen LogP contribution in [0, 0.1) is 10.1 Å². The second kappa shape index (κ2) is 5.95. The number of rotatable bonds is 4. The number of hydrogen-bond acceptors (Lipinski definition) is 5. The van der Waals surface area contributed by atoms with Crippen molar-refractivity contribution in [2.75, 3.05) is 18.0 Å². The van der Waals surface area contributed by atoms with Gasteiger partial charge in [0.2, 0.25) is 0 Å². The Morgan fingerprint density at radius 2 is 2.11 bits per heavy atom. The van der Waals surface area contributed by atoms with Gasteiger partial charge in [-0.1, -0.05) is 29.9 Å². The highest BCUT2D eigenvalue weighted by Gasteiger charge is 2.31. The van der Waals surface area contributed by atoms with Crippen molar-refractivity contribution in [3.8, 4) is 0 Å². The molecule has 1 aromatic rings. The Morgan fingerprint density at radius 1 is 1.44 bits per heavy atom. The summed E-state index contributed by atoms with van der Waals surface area (Å²) in [6.07, 6.45) is 3.31. The zero-order chi connectivity index (χ0) is 13.1. The molecule has 0 atom stereocenters. The Bertz CT molecular complexity index is 470. The van der Waals surface area contributed by atoms with Gasteiger partial charge >= 0.3 is 5.69 Å². The van der Waals surface area contributed by atoms with Crippen molar-refractivity contribution in [2.45, 2.75) is 23.5 Å². The summed E-state index contributed by atoms with van der Waals surface area (Å²) in [6.45, 7) is 5.28. The molecule has 1 aliphatic rings. The number of piperidine rings is 1. The lowest BCUT2D eigenvalue weighted by Crippen LogP contribution is -2.29. The number of thiophene rings is 1. The maximum absolute atomic E-state index is 11.3. The molecule has 1 saturated heterocycles. The van der Waals surface area contributed by atoms with Gasteiger partial charge in [0.1, 0.15) is 14.2 Å². The molecule has 0 amide bonds. The summed E-state index contributed by atoms with van der Waals surface area (Å²) in [7, 11) is 0. The van der Waals surface area contributed by atoms with Crippen molar-refractivity contribution >= 4 is 46.1 Å². The molecular weight excluding hydrogens is 292 g/mol. The first-order chi connectivity index (χ1) is 8.65. The molecule has 1 aromatic heterocycles. The van der Waals surface area contributed by atoms with E-state index < -0.39 is 0 Å². The van der Waals surface area contributed by atoms with Gasteiger partial charge in [0.25, 0.3) is 0 Å². The fourth-order valence-corrected chi connectivity index (χ4v) is 4.49. The highest BCUT2D eigenvalue weighted by Crippen LogP contribution is 2.50. The highest BCUT2D eigenvalue weighted by molar-refractivity contribution is 8.04. The summed E-state index contributed by atoms with van der Waals surface area (Å²) >= 11 is 8.71. The monoisotopic (exact) mass is 304 g/mol. The summed E-state index contributed by atoms with van der Waals surface area (Å²) in [5, 5.41) is 12.8. The first kappa shape index (κ1) is 13.7. The van der Waals surface area contributed by atoms with Crippen LogP contribution in [0.15, 0.2) is 16.2 Å².